The molecule has 24 rings (SSSR count). The van der Waals surface area contributed by atoms with Crippen molar-refractivity contribution in [2.75, 3.05) is 0 Å². The molecule has 0 saturated heterocycles. The first kappa shape index (κ1) is 68.8. The zero-order valence-corrected chi connectivity index (χ0v) is 65.4. The average Bonchev–Trinajstić information content (AvgIpc) is 0.741. The van der Waals surface area contributed by atoms with E-state index in [1.165, 1.54) is 125 Å². The summed E-state index contributed by atoms with van der Waals surface area (Å²) in [5.41, 5.74) is 20.4. The minimum atomic E-state index is -2.44. The topological polar surface area (TPSA) is 107 Å². The molecule has 18 aliphatic carbocycles. The van der Waals surface area contributed by atoms with Crippen LogP contribution in [-0.4, -0.2) is 17.9 Å². The molecule has 0 amide bonds. The zero-order chi connectivity index (χ0) is 70.3. The molecule has 6 aromatic carbocycles. The molecule has 12 bridgehead atoms. The molecule has 12 fully saturated rings. The average molecular weight is 1630 g/mol. The molecule has 0 heterocycles. The molecule has 0 aromatic heterocycles. The van der Waals surface area contributed by atoms with Gasteiger partial charge in [-0.05, 0) is 426 Å². The van der Waals surface area contributed by atoms with Crippen LogP contribution < -0.4 is 27.8 Å². The third kappa shape index (κ3) is 12.3. The summed E-state index contributed by atoms with van der Waals surface area (Å²) in [6.07, 6.45) is 44.0. The van der Waals surface area contributed by atoms with Crippen LogP contribution in [0.5, 0.6) is 34.5 Å². The fourth-order valence-electron chi connectivity index (χ4n) is 27.0. The first-order valence-corrected chi connectivity index (χ1v) is 45.8. The van der Waals surface area contributed by atoms with E-state index in [9.17, 15) is 0 Å². The van der Waals surface area contributed by atoms with Crippen molar-refractivity contribution in [3.8, 4) is 67.9 Å². The van der Waals surface area contributed by atoms with Crippen molar-refractivity contribution in [3.63, 3.8) is 0 Å². The monoisotopic (exact) mass is 1630 g/mol. The van der Waals surface area contributed by atoms with E-state index in [-0.39, 0.29) is 17.9 Å². The molecule has 0 unspecified atom stereocenters. The number of carbonyl (C=O) groups is 3. The van der Waals surface area contributed by atoms with Gasteiger partial charge in [0.25, 0.3) is 0 Å². The van der Waals surface area contributed by atoms with E-state index >= 15 is 14.4 Å². The van der Waals surface area contributed by atoms with Gasteiger partial charge in [0.1, 0.15) is 34.5 Å². The van der Waals surface area contributed by atoms with Crippen LogP contribution >= 0.6 is 17.8 Å². The number of hydrogen-bond donors (Lipinski definition) is 0. The first-order chi connectivity index (χ1) is 51.5. The van der Waals surface area contributed by atoms with Crippen LogP contribution in [0.25, 0.3) is 33.4 Å². The van der Waals surface area contributed by atoms with E-state index < -0.39 is 24.8 Å². The number of esters is 3. The molecule has 12 heteroatoms. The molecule has 554 valence electrons. The van der Waals surface area contributed by atoms with E-state index in [0.29, 0.717) is 87.8 Å². The second kappa shape index (κ2) is 27.9. The number of hydrogen-bond acceptors (Lipinski definition) is 9. The number of halogens is 1. The van der Waals surface area contributed by atoms with E-state index in [0.717, 1.165) is 245 Å². The molecule has 0 radical (unpaired) electrons. The Hall–Kier alpha value is -5.41. The molecule has 105 heavy (non-hydrogen) atoms. The van der Waals surface area contributed by atoms with Crippen LogP contribution in [0.1, 0.15) is 259 Å². The predicted molar refractivity (Wildman–Crippen MR) is 409 cm³/mol. The van der Waals surface area contributed by atoms with Crippen LogP contribution in [0.4, 0.5) is 0 Å². The summed E-state index contributed by atoms with van der Waals surface area (Å²) in [7, 11) is 2.14. The van der Waals surface area contributed by atoms with Crippen molar-refractivity contribution < 1.29 is 62.2 Å². The van der Waals surface area contributed by atoms with Gasteiger partial charge in [-0.3, -0.25) is 14.4 Å². The Bertz CT molecular complexity index is 3940. The molecule has 18 aliphatic rings. The van der Waals surface area contributed by atoms with E-state index in [4.69, 9.17) is 27.8 Å². The standard InChI is InChI=1S/C93H105O9P.Au.ClH/c94-88(91-46-55-37-56(47-91)39-57(38-55)48-91)97-76-31-25-64-13-1-7-19-70(64)82(76)85-73-22-10-4-16-67(73)28-34-79(85)100-103(101-80-35-29-68-17-5-11-23-74(68)86(80)83-71-20-8-2-14-65(71)26-32-77(83)98-89(95)92-49-58-40-59(50-92)42-60(41-58)51-92)102-81-36-30-69-18-6-12-24-75(69)87(81)84-72-21-9-3-15-66(72)27-33-78(84)99-90(96)93-52-61-43-62(53-93)45-63(44-61)54-93;;/h25-36,55-63H,1-24,37-54H2;;1H/q;+1;/p-1. The van der Waals surface area contributed by atoms with E-state index in [1.54, 1.807) is 20.0 Å². The van der Waals surface area contributed by atoms with Crippen LogP contribution in [0, 0.1) is 69.5 Å². The van der Waals surface area contributed by atoms with Crippen molar-refractivity contribution in [1.29, 1.82) is 0 Å². The Morgan fingerprint density at radius 2 is 0.438 bits per heavy atom. The third-order valence-corrected chi connectivity index (χ3v) is 31.3. The van der Waals surface area contributed by atoms with E-state index in [2.05, 4.69) is 82.0 Å². The second-order valence-corrected chi connectivity index (χ2v) is 38.0. The Morgan fingerprint density at radius 3 is 0.638 bits per heavy atom. The maximum atomic E-state index is 15.6. The first-order valence-electron chi connectivity index (χ1n) is 42.0. The number of ether oxygens (including phenoxy) is 3. The van der Waals surface area contributed by atoms with Gasteiger partial charge in [0.2, 0.25) is 0 Å². The molecular weight excluding hydrogens is 1520 g/mol. The number of rotatable bonds is 15. The van der Waals surface area contributed by atoms with Gasteiger partial charge in [-0.25, -0.2) is 0 Å². The Morgan fingerprint density at radius 1 is 0.267 bits per heavy atom. The van der Waals surface area contributed by atoms with Gasteiger partial charge < -0.3 is 27.8 Å². The molecule has 6 aromatic rings. The van der Waals surface area contributed by atoms with Crippen LogP contribution in [0.3, 0.4) is 0 Å². The van der Waals surface area contributed by atoms with Gasteiger partial charge in [0.05, 0.1) is 16.2 Å². The predicted octanol–water partition coefficient (Wildman–Crippen LogP) is 22.8. The molecular formula is C93H105AuClO9P. The molecule has 12 saturated carbocycles. The number of aryl methyl sites for hydroxylation is 6. The Labute approximate surface area is 640 Å². The van der Waals surface area contributed by atoms with Gasteiger partial charge in [-0.15, -0.1) is 0 Å². The summed E-state index contributed by atoms with van der Waals surface area (Å²) in [4.78, 5) is 46.7. The molecule has 0 aliphatic heterocycles. The second-order valence-electron chi connectivity index (χ2n) is 37.0. The van der Waals surface area contributed by atoms with E-state index in [1.807, 2.05) is 0 Å². The Kier molecular flexibility index (Phi) is 18.3. The van der Waals surface area contributed by atoms with Gasteiger partial charge in [0.15, 0.2) is 0 Å². The zero-order valence-electron chi connectivity index (χ0n) is 61.6. The Balaban J connectivity index is 0.00000363. The van der Waals surface area contributed by atoms with Crippen molar-refractivity contribution in [2.45, 2.75) is 270 Å². The SMILES string of the molecule is O=C(Oc1ccc2c(c1-c1c(OP(Oc3ccc4c(c3-c3c(OC(=O)C56CC7CC(CC(C7)C5)C6)ccc5c3CCCC5)CCCC4)Oc3ccc4c(c3-c3c(OC(=O)C56CC7CC(CC(C7)C5)C6)ccc5c3CCCC5)CCCC4)ccc3c1CCCC3)CCCC2)C12CC3CC(CC(C3)C1)C2.[Cl][Au]. The van der Waals surface area contributed by atoms with Gasteiger partial charge in [-0.1, -0.05) is 36.4 Å². The number of fused-ring (bicyclic) bond motifs is 6. The minimum absolute atomic E-state index is 0.0261. The third-order valence-electron chi connectivity index (χ3n) is 30.3. The summed E-state index contributed by atoms with van der Waals surface area (Å²) in [6.45, 7) is 0. The molecule has 0 spiro atoms. The quantitative estimate of drug-likeness (QED) is 0.0430. The summed E-state index contributed by atoms with van der Waals surface area (Å²) < 4.78 is 45.9. The summed E-state index contributed by atoms with van der Waals surface area (Å²) in [5, 5.41) is 0. The van der Waals surface area contributed by atoms with Gasteiger partial charge >= 0.3 is 55.7 Å². The summed E-state index contributed by atoms with van der Waals surface area (Å²) >= 11 is 1.75. The fourth-order valence-corrected chi connectivity index (χ4v) is 28.0. The fraction of sp³-hybridized carbons (Fsp3) is 0.581. The molecule has 0 atom stereocenters. The molecule has 9 nitrogen and oxygen atoms in total. The summed E-state index contributed by atoms with van der Waals surface area (Å²) in [6, 6.07) is 26.9. The molecule has 0 N–H and O–H groups in total. The van der Waals surface area contributed by atoms with Crippen LogP contribution in [-0.2, 0) is 111 Å². The normalized spacial score (nSPS) is 31.0. The van der Waals surface area contributed by atoms with Crippen molar-refractivity contribution in [3.05, 3.63) is 140 Å². The van der Waals surface area contributed by atoms with Crippen LogP contribution in [0.15, 0.2) is 72.8 Å². The number of carbonyl (C=O) groups excluding carboxylic acids is 3. The van der Waals surface area contributed by atoms with Gasteiger partial charge in [-0.2, -0.15) is 0 Å². The van der Waals surface area contributed by atoms with Gasteiger partial charge in [0, 0.05) is 33.4 Å². The maximum absolute atomic E-state index is 15.6. The van der Waals surface area contributed by atoms with Crippen molar-refractivity contribution in [1.82, 2.24) is 0 Å². The number of benzene rings is 6. The van der Waals surface area contributed by atoms with Crippen LogP contribution in [0.2, 0.25) is 0 Å². The summed E-state index contributed by atoms with van der Waals surface area (Å²) in [5.74, 6) is 9.42. The van der Waals surface area contributed by atoms with Crippen molar-refractivity contribution >= 4 is 35.7 Å². The van der Waals surface area contributed by atoms with Crippen molar-refractivity contribution in [2.24, 2.45) is 69.5 Å².